The summed E-state index contributed by atoms with van der Waals surface area (Å²) in [5.41, 5.74) is -0.0541. The fourth-order valence-electron chi connectivity index (χ4n) is 3.23. The maximum Gasteiger partial charge on any atom is 0.308 e. The van der Waals surface area contributed by atoms with Crippen LogP contribution in [0.3, 0.4) is 0 Å². The lowest BCUT2D eigenvalue weighted by atomic mass is 10.1. The fourth-order valence-corrected chi connectivity index (χ4v) is 3.23. The van der Waals surface area contributed by atoms with Crippen LogP contribution in [0.2, 0.25) is 0 Å². The first-order valence-corrected chi connectivity index (χ1v) is 7.64. The van der Waals surface area contributed by atoms with Gasteiger partial charge in [0.1, 0.15) is 11.6 Å². The van der Waals surface area contributed by atoms with Gasteiger partial charge < -0.3 is 14.9 Å². The largest absolute Gasteiger partial charge is 0.481 e. The van der Waals surface area contributed by atoms with Gasteiger partial charge in [0.15, 0.2) is 0 Å². The van der Waals surface area contributed by atoms with Crippen LogP contribution in [0.5, 0.6) is 0 Å². The van der Waals surface area contributed by atoms with Crippen molar-refractivity contribution in [2.75, 3.05) is 24.5 Å². The Morgan fingerprint density at radius 3 is 2.54 bits per heavy atom. The van der Waals surface area contributed by atoms with Crippen molar-refractivity contribution < 1.29 is 28.3 Å². The number of amides is 2. The maximum absolute atomic E-state index is 13.9. The van der Waals surface area contributed by atoms with E-state index < -0.39 is 35.3 Å². The zero-order valence-electron chi connectivity index (χ0n) is 12.7. The summed E-state index contributed by atoms with van der Waals surface area (Å²) in [6.45, 7) is 0.476. The number of benzene rings is 1. The van der Waals surface area contributed by atoms with Crippen molar-refractivity contribution in [1.82, 2.24) is 4.90 Å². The summed E-state index contributed by atoms with van der Waals surface area (Å²) in [6.07, 6.45) is 0.321. The van der Waals surface area contributed by atoms with Gasteiger partial charge >= 0.3 is 5.97 Å². The smallest absolute Gasteiger partial charge is 0.308 e. The number of rotatable bonds is 3. The van der Waals surface area contributed by atoms with Crippen LogP contribution in [0, 0.1) is 23.5 Å². The second kappa shape index (κ2) is 6.18. The molecule has 2 aliphatic heterocycles. The molecule has 24 heavy (non-hydrogen) atoms. The summed E-state index contributed by atoms with van der Waals surface area (Å²) in [4.78, 5) is 38.2. The molecule has 0 unspecified atom stereocenters. The van der Waals surface area contributed by atoms with Gasteiger partial charge in [-0.2, -0.15) is 0 Å². The van der Waals surface area contributed by atoms with Gasteiger partial charge in [0.2, 0.25) is 11.8 Å². The first-order valence-electron chi connectivity index (χ1n) is 7.64. The van der Waals surface area contributed by atoms with Gasteiger partial charge in [-0.3, -0.25) is 14.4 Å². The zero-order valence-corrected chi connectivity index (χ0v) is 12.7. The summed E-state index contributed by atoms with van der Waals surface area (Å²) in [7, 11) is 0. The molecule has 2 saturated heterocycles. The van der Waals surface area contributed by atoms with Crippen molar-refractivity contribution in [3.05, 3.63) is 29.8 Å². The van der Waals surface area contributed by atoms with E-state index in [0.29, 0.717) is 19.0 Å². The zero-order chi connectivity index (χ0) is 17.4. The minimum atomic E-state index is -0.942. The summed E-state index contributed by atoms with van der Waals surface area (Å²) in [6, 6.07) is 2.92. The topological polar surface area (TPSA) is 77.9 Å². The van der Waals surface area contributed by atoms with Crippen LogP contribution in [-0.4, -0.2) is 47.4 Å². The molecule has 6 nitrogen and oxygen atoms in total. The number of carboxylic acid groups (broad SMARTS) is 1. The number of hydrogen-bond donors (Lipinski definition) is 1. The van der Waals surface area contributed by atoms with E-state index in [1.807, 2.05) is 0 Å². The second-order valence-corrected chi connectivity index (χ2v) is 6.11. The Morgan fingerprint density at radius 2 is 1.92 bits per heavy atom. The Bertz CT molecular complexity index is 709. The lowest BCUT2D eigenvalue weighted by molar-refractivity contribution is -0.141. The molecule has 1 aromatic carbocycles. The molecule has 0 saturated carbocycles. The highest BCUT2D eigenvalue weighted by Crippen LogP contribution is 2.30. The van der Waals surface area contributed by atoms with Crippen LogP contribution < -0.4 is 4.90 Å². The van der Waals surface area contributed by atoms with E-state index in [1.54, 1.807) is 0 Å². The molecule has 0 bridgehead atoms. The molecule has 2 atom stereocenters. The number of nitrogens with zero attached hydrogens (tertiary/aromatic N) is 2. The van der Waals surface area contributed by atoms with Gasteiger partial charge in [-0.15, -0.1) is 0 Å². The van der Waals surface area contributed by atoms with Crippen LogP contribution in [0.4, 0.5) is 14.5 Å². The third-order valence-corrected chi connectivity index (χ3v) is 4.52. The number of carbonyl (C=O) groups excluding carboxylic acids is 2. The molecular formula is C16H16F2N2O4. The highest BCUT2D eigenvalue weighted by Gasteiger charge is 2.40. The van der Waals surface area contributed by atoms with E-state index in [2.05, 4.69) is 0 Å². The summed E-state index contributed by atoms with van der Waals surface area (Å²) >= 11 is 0. The molecule has 1 aromatic rings. The Morgan fingerprint density at radius 1 is 1.17 bits per heavy atom. The molecule has 2 fully saturated rings. The predicted molar refractivity (Wildman–Crippen MR) is 79.1 cm³/mol. The SMILES string of the molecule is O=C(O)[C@H]1CCN(C(=O)[C@H]2CC(=O)N(c3ccc(F)cc3F)C2)C1. The lowest BCUT2D eigenvalue weighted by Gasteiger charge is -2.21. The van der Waals surface area contributed by atoms with E-state index in [-0.39, 0.29) is 31.1 Å². The third kappa shape index (κ3) is 2.95. The van der Waals surface area contributed by atoms with Gasteiger partial charge in [-0.05, 0) is 18.6 Å². The lowest BCUT2D eigenvalue weighted by Crippen LogP contribution is -2.36. The average Bonchev–Trinajstić information content (AvgIpc) is 3.14. The number of likely N-dealkylation sites (tertiary alicyclic amines) is 1. The Kier molecular flexibility index (Phi) is 4.21. The number of carboxylic acids is 1. The third-order valence-electron chi connectivity index (χ3n) is 4.52. The number of carbonyl (C=O) groups is 3. The van der Waals surface area contributed by atoms with Crippen molar-refractivity contribution in [3.63, 3.8) is 0 Å². The van der Waals surface area contributed by atoms with E-state index >= 15 is 0 Å². The van der Waals surface area contributed by atoms with Crippen molar-refractivity contribution in [3.8, 4) is 0 Å². The number of hydrogen-bond acceptors (Lipinski definition) is 3. The van der Waals surface area contributed by atoms with Crippen molar-refractivity contribution >= 4 is 23.5 Å². The molecule has 2 heterocycles. The normalized spacial score (nSPS) is 23.8. The van der Waals surface area contributed by atoms with Crippen molar-refractivity contribution in [2.45, 2.75) is 12.8 Å². The molecule has 128 valence electrons. The van der Waals surface area contributed by atoms with Crippen LogP contribution in [0.25, 0.3) is 0 Å². The second-order valence-electron chi connectivity index (χ2n) is 6.11. The van der Waals surface area contributed by atoms with Gasteiger partial charge in [0.05, 0.1) is 17.5 Å². The quantitative estimate of drug-likeness (QED) is 0.900. The monoisotopic (exact) mass is 338 g/mol. The molecule has 0 spiro atoms. The molecule has 2 amide bonds. The van der Waals surface area contributed by atoms with Crippen LogP contribution >= 0.6 is 0 Å². The molecule has 8 heteroatoms. The van der Waals surface area contributed by atoms with E-state index in [1.165, 1.54) is 11.0 Å². The van der Waals surface area contributed by atoms with Crippen molar-refractivity contribution in [1.29, 1.82) is 0 Å². The minimum absolute atomic E-state index is 0.00839. The molecule has 3 rings (SSSR count). The standard InChI is InChI=1S/C16H16F2N2O4/c17-11-1-2-13(12(18)6-11)20-8-10(5-14(20)21)15(22)19-4-3-9(7-19)16(23)24/h1-2,6,9-10H,3-5,7-8H2,(H,23,24)/t9-,10-/m0/s1. The highest BCUT2D eigenvalue weighted by atomic mass is 19.1. The van der Waals surface area contributed by atoms with Gasteiger partial charge in [-0.1, -0.05) is 0 Å². The van der Waals surface area contributed by atoms with Crippen LogP contribution in [0.15, 0.2) is 18.2 Å². The van der Waals surface area contributed by atoms with Gasteiger partial charge in [-0.25, -0.2) is 8.78 Å². The molecule has 0 aromatic heterocycles. The molecule has 1 N–H and O–H groups in total. The number of halogens is 2. The molecule has 0 radical (unpaired) electrons. The van der Waals surface area contributed by atoms with Gasteiger partial charge in [0.25, 0.3) is 0 Å². The van der Waals surface area contributed by atoms with E-state index in [9.17, 15) is 23.2 Å². The maximum atomic E-state index is 13.9. The van der Waals surface area contributed by atoms with Crippen LogP contribution in [-0.2, 0) is 14.4 Å². The fraction of sp³-hybridized carbons (Fsp3) is 0.438. The van der Waals surface area contributed by atoms with Crippen LogP contribution in [0.1, 0.15) is 12.8 Å². The molecule has 2 aliphatic rings. The Balaban J connectivity index is 1.70. The Labute approximate surface area is 136 Å². The highest BCUT2D eigenvalue weighted by molar-refractivity contribution is 6.00. The number of aliphatic carboxylic acids is 1. The van der Waals surface area contributed by atoms with Gasteiger partial charge in [0, 0.05) is 32.1 Å². The summed E-state index contributed by atoms with van der Waals surface area (Å²) in [5.74, 6) is -4.48. The molecule has 0 aliphatic carbocycles. The number of anilines is 1. The average molecular weight is 338 g/mol. The van der Waals surface area contributed by atoms with E-state index in [0.717, 1.165) is 11.0 Å². The molecular weight excluding hydrogens is 322 g/mol. The van der Waals surface area contributed by atoms with E-state index in [4.69, 9.17) is 5.11 Å². The minimum Gasteiger partial charge on any atom is -0.481 e. The predicted octanol–water partition coefficient (Wildman–Crippen LogP) is 1.25. The summed E-state index contributed by atoms with van der Waals surface area (Å²) < 4.78 is 26.8. The Hall–Kier alpha value is -2.51. The first-order chi connectivity index (χ1) is 11.4. The first kappa shape index (κ1) is 16.4. The summed E-state index contributed by atoms with van der Waals surface area (Å²) in [5, 5.41) is 8.99. The van der Waals surface area contributed by atoms with Crippen molar-refractivity contribution in [2.24, 2.45) is 11.8 Å².